The molecule has 1 aromatic carbocycles. The average Bonchev–Trinajstić information content (AvgIpc) is 3.02. The smallest absolute Gasteiger partial charge is 0.191 e. The monoisotopic (exact) mass is 328 g/mol. The highest BCUT2D eigenvalue weighted by atomic mass is 15.3. The van der Waals surface area contributed by atoms with Crippen molar-refractivity contribution in [3.8, 4) is 0 Å². The van der Waals surface area contributed by atoms with Crippen LogP contribution in [-0.4, -0.2) is 40.9 Å². The number of guanidine groups is 1. The van der Waals surface area contributed by atoms with Crippen LogP contribution in [0.15, 0.2) is 29.5 Å². The number of nitrogens with one attached hydrogen (secondary N) is 2. The molecule has 0 atom stereocenters. The Balaban J connectivity index is 1.74. The van der Waals surface area contributed by atoms with Crippen LogP contribution in [0.5, 0.6) is 0 Å². The third-order valence-corrected chi connectivity index (χ3v) is 4.07. The van der Waals surface area contributed by atoms with E-state index in [1.807, 2.05) is 0 Å². The van der Waals surface area contributed by atoms with E-state index < -0.39 is 0 Å². The second-order valence-electron chi connectivity index (χ2n) is 5.90. The van der Waals surface area contributed by atoms with Gasteiger partial charge in [0, 0.05) is 33.1 Å². The van der Waals surface area contributed by atoms with Gasteiger partial charge < -0.3 is 15.2 Å². The molecule has 0 spiro atoms. The van der Waals surface area contributed by atoms with E-state index in [9.17, 15) is 0 Å². The summed E-state index contributed by atoms with van der Waals surface area (Å²) in [5, 5.41) is 14.7. The van der Waals surface area contributed by atoms with Gasteiger partial charge >= 0.3 is 0 Å². The highest BCUT2D eigenvalue weighted by Crippen LogP contribution is 2.10. The van der Waals surface area contributed by atoms with Crippen LogP contribution in [0.4, 0.5) is 0 Å². The van der Waals surface area contributed by atoms with Crippen molar-refractivity contribution in [1.82, 2.24) is 25.4 Å². The SMILES string of the molecule is CCc1nncn1CCNC(=NC)NCCc1ccc(C)cc1C. The number of hydrogen-bond acceptors (Lipinski definition) is 3. The third kappa shape index (κ3) is 5.08. The molecular weight excluding hydrogens is 300 g/mol. The maximum Gasteiger partial charge on any atom is 0.191 e. The fourth-order valence-electron chi connectivity index (χ4n) is 2.70. The van der Waals surface area contributed by atoms with E-state index in [1.165, 1.54) is 16.7 Å². The van der Waals surface area contributed by atoms with E-state index in [0.29, 0.717) is 0 Å². The first-order valence-corrected chi connectivity index (χ1v) is 8.51. The maximum absolute atomic E-state index is 4.27. The van der Waals surface area contributed by atoms with Gasteiger partial charge in [-0.15, -0.1) is 10.2 Å². The summed E-state index contributed by atoms with van der Waals surface area (Å²) in [5.41, 5.74) is 4.03. The lowest BCUT2D eigenvalue weighted by Crippen LogP contribution is -2.39. The lowest BCUT2D eigenvalue weighted by Gasteiger charge is -2.13. The molecule has 1 heterocycles. The molecule has 2 aromatic rings. The van der Waals surface area contributed by atoms with Crippen LogP contribution in [0, 0.1) is 13.8 Å². The zero-order valence-electron chi connectivity index (χ0n) is 15.1. The second kappa shape index (κ2) is 9.05. The topological polar surface area (TPSA) is 67.1 Å². The predicted molar refractivity (Wildman–Crippen MR) is 98.4 cm³/mol. The molecule has 0 bridgehead atoms. The van der Waals surface area contributed by atoms with Crippen molar-refractivity contribution in [2.45, 2.75) is 40.2 Å². The van der Waals surface area contributed by atoms with Crippen LogP contribution in [0.25, 0.3) is 0 Å². The van der Waals surface area contributed by atoms with E-state index in [2.05, 4.69) is 69.4 Å². The largest absolute Gasteiger partial charge is 0.356 e. The van der Waals surface area contributed by atoms with Crippen molar-refractivity contribution < 1.29 is 0 Å². The first kappa shape index (κ1) is 18.0. The number of rotatable bonds is 7. The van der Waals surface area contributed by atoms with Gasteiger partial charge in [0.2, 0.25) is 0 Å². The normalized spacial score (nSPS) is 11.6. The minimum Gasteiger partial charge on any atom is -0.356 e. The predicted octanol–water partition coefficient (Wildman–Crippen LogP) is 1.87. The molecule has 0 aliphatic rings. The van der Waals surface area contributed by atoms with Crippen molar-refractivity contribution >= 4 is 5.96 Å². The average molecular weight is 328 g/mol. The molecule has 0 radical (unpaired) electrons. The first-order chi connectivity index (χ1) is 11.6. The molecule has 0 unspecified atom stereocenters. The summed E-state index contributed by atoms with van der Waals surface area (Å²) in [4.78, 5) is 4.27. The summed E-state index contributed by atoms with van der Waals surface area (Å²) in [6.45, 7) is 8.85. The van der Waals surface area contributed by atoms with Crippen LogP contribution in [0.1, 0.15) is 29.4 Å². The molecule has 2 N–H and O–H groups in total. The van der Waals surface area contributed by atoms with Gasteiger partial charge in [-0.25, -0.2) is 0 Å². The zero-order valence-corrected chi connectivity index (χ0v) is 15.1. The van der Waals surface area contributed by atoms with Crippen LogP contribution in [0.2, 0.25) is 0 Å². The van der Waals surface area contributed by atoms with E-state index in [1.54, 1.807) is 13.4 Å². The van der Waals surface area contributed by atoms with Gasteiger partial charge in [-0.1, -0.05) is 30.7 Å². The minimum absolute atomic E-state index is 0.786. The lowest BCUT2D eigenvalue weighted by atomic mass is 10.0. The molecule has 0 aliphatic heterocycles. The van der Waals surface area contributed by atoms with Gasteiger partial charge in [0.15, 0.2) is 5.96 Å². The lowest BCUT2D eigenvalue weighted by molar-refractivity contribution is 0.632. The maximum atomic E-state index is 4.27. The van der Waals surface area contributed by atoms with Gasteiger partial charge in [0.05, 0.1) is 0 Å². The Morgan fingerprint density at radius 2 is 2.00 bits per heavy atom. The Morgan fingerprint density at radius 3 is 2.71 bits per heavy atom. The number of benzene rings is 1. The number of aromatic nitrogens is 3. The number of aryl methyl sites for hydroxylation is 3. The van der Waals surface area contributed by atoms with Crippen molar-refractivity contribution in [1.29, 1.82) is 0 Å². The Bertz CT molecular complexity index is 674. The van der Waals surface area contributed by atoms with Crippen LogP contribution < -0.4 is 10.6 Å². The molecule has 0 amide bonds. The molecule has 0 aliphatic carbocycles. The molecular formula is C18H28N6. The summed E-state index contributed by atoms with van der Waals surface area (Å²) in [7, 11) is 1.79. The summed E-state index contributed by atoms with van der Waals surface area (Å²) < 4.78 is 2.07. The summed E-state index contributed by atoms with van der Waals surface area (Å²) in [5.74, 6) is 1.83. The van der Waals surface area contributed by atoms with Crippen molar-refractivity contribution in [3.63, 3.8) is 0 Å². The highest BCUT2D eigenvalue weighted by molar-refractivity contribution is 5.79. The molecule has 0 fully saturated rings. The Labute approximate surface area is 144 Å². The summed E-state index contributed by atoms with van der Waals surface area (Å²) in [6, 6.07) is 6.60. The number of aliphatic imine (C=N–C) groups is 1. The van der Waals surface area contributed by atoms with Crippen molar-refractivity contribution in [3.05, 3.63) is 47.0 Å². The molecule has 130 valence electrons. The van der Waals surface area contributed by atoms with Crippen molar-refractivity contribution in [2.24, 2.45) is 4.99 Å². The van der Waals surface area contributed by atoms with Crippen molar-refractivity contribution in [2.75, 3.05) is 20.1 Å². The molecule has 0 saturated heterocycles. The Hall–Kier alpha value is -2.37. The second-order valence-corrected chi connectivity index (χ2v) is 5.90. The quantitative estimate of drug-likeness (QED) is 0.601. The Kier molecular flexibility index (Phi) is 6.78. The van der Waals surface area contributed by atoms with Gasteiger partial charge in [0.1, 0.15) is 12.2 Å². The van der Waals surface area contributed by atoms with E-state index >= 15 is 0 Å². The van der Waals surface area contributed by atoms with E-state index in [0.717, 1.165) is 44.3 Å². The number of nitrogens with zero attached hydrogens (tertiary/aromatic N) is 4. The standard InChI is InChI=1S/C18H28N6/c1-5-17-23-22-13-24(17)11-10-21-18(19-4)20-9-8-16-7-6-14(2)12-15(16)3/h6-7,12-13H,5,8-11H2,1-4H3,(H2,19,20,21). The minimum atomic E-state index is 0.786. The summed E-state index contributed by atoms with van der Waals surface area (Å²) in [6.07, 6.45) is 3.65. The molecule has 24 heavy (non-hydrogen) atoms. The molecule has 6 nitrogen and oxygen atoms in total. The highest BCUT2D eigenvalue weighted by Gasteiger charge is 2.03. The molecule has 2 rings (SSSR count). The third-order valence-electron chi connectivity index (χ3n) is 4.07. The zero-order chi connectivity index (χ0) is 17.4. The van der Waals surface area contributed by atoms with Gasteiger partial charge in [-0.2, -0.15) is 0 Å². The van der Waals surface area contributed by atoms with Crippen LogP contribution in [0.3, 0.4) is 0 Å². The van der Waals surface area contributed by atoms with Crippen LogP contribution >= 0.6 is 0 Å². The number of hydrogen-bond donors (Lipinski definition) is 2. The van der Waals surface area contributed by atoms with Crippen LogP contribution in [-0.2, 0) is 19.4 Å². The fraction of sp³-hybridized carbons (Fsp3) is 0.500. The molecule has 0 saturated carbocycles. The first-order valence-electron chi connectivity index (χ1n) is 8.51. The summed E-state index contributed by atoms with van der Waals surface area (Å²) >= 11 is 0. The van der Waals surface area contributed by atoms with Gasteiger partial charge in [0.25, 0.3) is 0 Å². The Morgan fingerprint density at radius 1 is 1.21 bits per heavy atom. The van der Waals surface area contributed by atoms with E-state index in [-0.39, 0.29) is 0 Å². The molecule has 1 aromatic heterocycles. The van der Waals surface area contributed by atoms with E-state index in [4.69, 9.17) is 0 Å². The van der Waals surface area contributed by atoms with Gasteiger partial charge in [-0.3, -0.25) is 4.99 Å². The van der Waals surface area contributed by atoms with Gasteiger partial charge in [-0.05, 0) is 31.4 Å². The fourth-order valence-corrected chi connectivity index (χ4v) is 2.70. The molecule has 6 heteroatoms.